The summed E-state index contributed by atoms with van der Waals surface area (Å²) in [4.78, 5) is 12.2. The monoisotopic (exact) mass is 237 g/mol. The number of carbonyl (C=O) groups excluding carboxylic acids is 1. The summed E-state index contributed by atoms with van der Waals surface area (Å²) in [5.74, 6) is 0.239. The molecule has 1 aliphatic rings. The van der Waals surface area contributed by atoms with E-state index in [-0.39, 0.29) is 11.9 Å². The zero-order chi connectivity index (χ0) is 12.4. The van der Waals surface area contributed by atoms with Crippen LogP contribution in [0.1, 0.15) is 53.8 Å². The van der Waals surface area contributed by atoms with Crippen LogP contribution in [0.15, 0.2) is 10.7 Å². The third-order valence-corrected chi connectivity index (χ3v) is 3.50. The molecule has 0 saturated heterocycles. The SMILES string of the molecule is Cc1coc(C)c1C(=O)N(O)C1CCCCC1. The molecule has 0 radical (unpaired) electrons. The lowest BCUT2D eigenvalue weighted by atomic mass is 9.95. The van der Waals surface area contributed by atoms with Crippen molar-refractivity contribution in [2.75, 3.05) is 0 Å². The largest absolute Gasteiger partial charge is 0.469 e. The summed E-state index contributed by atoms with van der Waals surface area (Å²) in [5.41, 5.74) is 1.28. The number of hydrogen-bond donors (Lipinski definition) is 1. The van der Waals surface area contributed by atoms with Crippen LogP contribution in [0.3, 0.4) is 0 Å². The van der Waals surface area contributed by atoms with Crippen LogP contribution in [0.25, 0.3) is 0 Å². The van der Waals surface area contributed by atoms with Crippen molar-refractivity contribution in [3.63, 3.8) is 0 Å². The van der Waals surface area contributed by atoms with Gasteiger partial charge in [-0.2, -0.15) is 0 Å². The van der Waals surface area contributed by atoms with Gasteiger partial charge in [-0.3, -0.25) is 10.0 Å². The van der Waals surface area contributed by atoms with E-state index in [4.69, 9.17) is 4.42 Å². The molecule has 0 spiro atoms. The summed E-state index contributed by atoms with van der Waals surface area (Å²) in [6.45, 7) is 3.56. The molecule has 2 rings (SSSR count). The Kier molecular flexibility index (Phi) is 3.52. The molecular weight excluding hydrogens is 218 g/mol. The molecule has 17 heavy (non-hydrogen) atoms. The second-order valence-corrected chi connectivity index (χ2v) is 4.79. The molecule has 4 nitrogen and oxygen atoms in total. The van der Waals surface area contributed by atoms with E-state index in [1.165, 1.54) is 6.42 Å². The minimum Gasteiger partial charge on any atom is -0.469 e. The Morgan fingerprint density at radius 3 is 2.53 bits per heavy atom. The zero-order valence-electron chi connectivity index (χ0n) is 10.4. The van der Waals surface area contributed by atoms with E-state index in [9.17, 15) is 10.0 Å². The zero-order valence-corrected chi connectivity index (χ0v) is 10.4. The van der Waals surface area contributed by atoms with Crippen LogP contribution in [-0.2, 0) is 0 Å². The van der Waals surface area contributed by atoms with E-state index in [0.717, 1.165) is 36.3 Å². The quantitative estimate of drug-likeness (QED) is 0.635. The maximum Gasteiger partial charge on any atom is 0.281 e. The van der Waals surface area contributed by atoms with Crippen molar-refractivity contribution in [1.29, 1.82) is 0 Å². The standard InChI is InChI=1S/C13H19NO3/c1-9-8-17-10(2)12(9)13(15)14(16)11-6-4-3-5-7-11/h8,11,16H,3-7H2,1-2H3. The fourth-order valence-corrected chi connectivity index (χ4v) is 2.50. The van der Waals surface area contributed by atoms with Crippen LogP contribution in [0.2, 0.25) is 0 Å². The van der Waals surface area contributed by atoms with Crippen LogP contribution in [-0.4, -0.2) is 22.2 Å². The van der Waals surface area contributed by atoms with Crippen LogP contribution in [0, 0.1) is 13.8 Å². The van der Waals surface area contributed by atoms with Gasteiger partial charge >= 0.3 is 0 Å². The van der Waals surface area contributed by atoms with Gasteiger partial charge in [-0.15, -0.1) is 0 Å². The first-order chi connectivity index (χ1) is 8.11. The van der Waals surface area contributed by atoms with Crippen molar-refractivity contribution in [3.8, 4) is 0 Å². The molecule has 0 bridgehead atoms. The molecule has 1 fully saturated rings. The van der Waals surface area contributed by atoms with Gasteiger partial charge in [-0.25, -0.2) is 5.06 Å². The molecule has 0 atom stereocenters. The number of hydroxylamine groups is 2. The average Bonchev–Trinajstić information content (AvgIpc) is 2.68. The lowest BCUT2D eigenvalue weighted by Gasteiger charge is -2.29. The van der Waals surface area contributed by atoms with E-state index in [0.29, 0.717) is 11.3 Å². The third kappa shape index (κ3) is 2.36. The number of hydrogen-bond acceptors (Lipinski definition) is 3. The normalized spacial score (nSPS) is 17.1. The predicted molar refractivity (Wildman–Crippen MR) is 63.0 cm³/mol. The first-order valence-corrected chi connectivity index (χ1v) is 6.18. The number of amides is 1. The van der Waals surface area contributed by atoms with E-state index in [1.54, 1.807) is 13.2 Å². The summed E-state index contributed by atoms with van der Waals surface area (Å²) in [6.07, 6.45) is 6.69. The summed E-state index contributed by atoms with van der Waals surface area (Å²) < 4.78 is 5.20. The van der Waals surface area contributed by atoms with Crippen LogP contribution < -0.4 is 0 Å². The highest BCUT2D eigenvalue weighted by Crippen LogP contribution is 2.24. The van der Waals surface area contributed by atoms with Gasteiger partial charge in [0.05, 0.1) is 17.9 Å². The van der Waals surface area contributed by atoms with Crippen molar-refractivity contribution in [2.45, 2.75) is 52.0 Å². The third-order valence-electron chi connectivity index (χ3n) is 3.50. The Labute approximate surface area is 101 Å². The average molecular weight is 237 g/mol. The smallest absolute Gasteiger partial charge is 0.281 e. The summed E-state index contributed by atoms with van der Waals surface area (Å²) in [7, 11) is 0. The molecular formula is C13H19NO3. The molecule has 1 aromatic rings. The highest BCUT2D eigenvalue weighted by atomic mass is 16.5. The van der Waals surface area contributed by atoms with Crippen molar-refractivity contribution in [3.05, 3.63) is 23.2 Å². The Hall–Kier alpha value is -1.29. The first kappa shape index (κ1) is 12.2. The Morgan fingerprint density at radius 1 is 1.35 bits per heavy atom. The van der Waals surface area contributed by atoms with Gasteiger partial charge in [0.15, 0.2) is 0 Å². The van der Waals surface area contributed by atoms with E-state index >= 15 is 0 Å². The Morgan fingerprint density at radius 2 is 2.00 bits per heavy atom. The van der Waals surface area contributed by atoms with E-state index in [1.807, 2.05) is 6.92 Å². The molecule has 94 valence electrons. The lowest BCUT2D eigenvalue weighted by molar-refractivity contribution is -0.0965. The minimum absolute atomic E-state index is 0.0371. The summed E-state index contributed by atoms with van der Waals surface area (Å²) in [6, 6.07) is -0.0371. The van der Waals surface area contributed by atoms with Crippen molar-refractivity contribution in [2.24, 2.45) is 0 Å². The molecule has 1 aliphatic carbocycles. The molecule has 1 aromatic heterocycles. The topological polar surface area (TPSA) is 53.7 Å². The highest BCUT2D eigenvalue weighted by Gasteiger charge is 2.28. The molecule has 1 N–H and O–H groups in total. The van der Waals surface area contributed by atoms with Gasteiger partial charge in [-0.05, 0) is 26.7 Å². The first-order valence-electron chi connectivity index (χ1n) is 6.18. The second-order valence-electron chi connectivity index (χ2n) is 4.79. The number of carbonyl (C=O) groups is 1. The lowest BCUT2D eigenvalue weighted by Crippen LogP contribution is -2.39. The molecule has 1 saturated carbocycles. The second kappa shape index (κ2) is 4.92. The molecule has 0 aliphatic heterocycles. The number of nitrogens with zero attached hydrogens (tertiary/aromatic N) is 1. The highest BCUT2D eigenvalue weighted by molar-refractivity contribution is 5.95. The fourth-order valence-electron chi connectivity index (χ4n) is 2.50. The molecule has 4 heteroatoms. The maximum atomic E-state index is 12.2. The predicted octanol–water partition coefficient (Wildman–Crippen LogP) is 3.06. The molecule has 1 heterocycles. The summed E-state index contributed by atoms with van der Waals surface area (Å²) >= 11 is 0. The van der Waals surface area contributed by atoms with Gasteiger partial charge in [0, 0.05) is 5.56 Å². The fraction of sp³-hybridized carbons (Fsp3) is 0.615. The van der Waals surface area contributed by atoms with Crippen molar-refractivity contribution in [1.82, 2.24) is 5.06 Å². The van der Waals surface area contributed by atoms with Gasteiger partial charge in [0.25, 0.3) is 5.91 Å². The van der Waals surface area contributed by atoms with Crippen LogP contribution in [0.4, 0.5) is 0 Å². The van der Waals surface area contributed by atoms with Gasteiger partial charge in [0.1, 0.15) is 5.76 Å². The minimum atomic E-state index is -0.333. The Balaban J connectivity index is 2.14. The van der Waals surface area contributed by atoms with E-state index < -0.39 is 0 Å². The van der Waals surface area contributed by atoms with Crippen molar-refractivity contribution >= 4 is 5.91 Å². The van der Waals surface area contributed by atoms with Gasteiger partial charge < -0.3 is 4.42 Å². The van der Waals surface area contributed by atoms with Crippen molar-refractivity contribution < 1.29 is 14.4 Å². The summed E-state index contributed by atoms with van der Waals surface area (Å²) in [5, 5.41) is 10.9. The molecule has 0 unspecified atom stereocenters. The van der Waals surface area contributed by atoms with Crippen LogP contribution >= 0.6 is 0 Å². The maximum absolute atomic E-state index is 12.2. The van der Waals surface area contributed by atoms with Crippen LogP contribution in [0.5, 0.6) is 0 Å². The van der Waals surface area contributed by atoms with Gasteiger partial charge in [0.2, 0.25) is 0 Å². The number of furan rings is 1. The Bertz CT molecular complexity index is 385. The molecule has 0 aromatic carbocycles. The number of rotatable bonds is 2. The molecule has 1 amide bonds. The van der Waals surface area contributed by atoms with E-state index in [2.05, 4.69) is 0 Å². The number of aryl methyl sites for hydroxylation is 2. The van der Waals surface area contributed by atoms with Gasteiger partial charge in [-0.1, -0.05) is 19.3 Å².